The lowest BCUT2D eigenvalue weighted by molar-refractivity contribution is -0.156. The largest absolute Gasteiger partial charge is 0.489 e. The number of alkyl halides is 1. The number of para-hydroxylation sites is 2. The summed E-state index contributed by atoms with van der Waals surface area (Å²) in [6.45, 7) is 6.44. The van der Waals surface area contributed by atoms with Gasteiger partial charge in [-0.05, 0) is 62.7 Å². The van der Waals surface area contributed by atoms with Gasteiger partial charge in [-0.25, -0.2) is 0 Å². The van der Waals surface area contributed by atoms with Crippen LogP contribution in [0.4, 0.5) is 5.69 Å². The Morgan fingerprint density at radius 3 is 2.40 bits per heavy atom. The van der Waals surface area contributed by atoms with Crippen molar-refractivity contribution in [1.29, 1.82) is 0 Å². The minimum absolute atomic E-state index is 0.0999. The molecule has 226 valence electrons. The zero-order chi connectivity index (χ0) is 31.3. The molecular formula is C32H34BrN3O7. The molecule has 1 aliphatic rings. The van der Waals surface area contributed by atoms with Crippen LogP contribution < -0.4 is 20.3 Å². The molecule has 1 aliphatic heterocycles. The molecule has 3 atom stereocenters. The average molecular weight is 653 g/mol. The van der Waals surface area contributed by atoms with Crippen LogP contribution in [0.1, 0.15) is 44.5 Å². The van der Waals surface area contributed by atoms with Gasteiger partial charge in [-0.2, -0.15) is 0 Å². The standard InChI is InChI=1S/C32H34BrN3O7/c1-19(29(39)34-23(26(37)17-33)16-28(38)43-32(2,3)4)36-25-11-7-8-12-27(25)42-18-24(31(36)41)35-30(40)22-14-13-20-9-5-6-10-21(20)15-22/h5-15,19,23-24H,16-18H2,1-4H3,(H,34,39)(H,35,40). The van der Waals surface area contributed by atoms with E-state index in [-0.39, 0.29) is 18.4 Å². The lowest BCUT2D eigenvalue weighted by Crippen LogP contribution is -2.57. The predicted molar refractivity (Wildman–Crippen MR) is 165 cm³/mol. The molecule has 0 saturated heterocycles. The molecule has 2 N–H and O–H groups in total. The van der Waals surface area contributed by atoms with Crippen molar-refractivity contribution >= 4 is 61.9 Å². The Kier molecular flexibility index (Phi) is 9.85. The molecule has 43 heavy (non-hydrogen) atoms. The van der Waals surface area contributed by atoms with Crippen molar-refractivity contribution in [1.82, 2.24) is 10.6 Å². The Morgan fingerprint density at radius 2 is 1.70 bits per heavy atom. The summed E-state index contributed by atoms with van der Waals surface area (Å²) in [5, 5.41) is 7.11. The Balaban J connectivity index is 1.57. The van der Waals surface area contributed by atoms with Gasteiger partial charge in [0.25, 0.3) is 11.8 Å². The second-order valence-electron chi connectivity index (χ2n) is 11.2. The maximum Gasteiger partial charge on any atom is 0.308 e. The number of carbonyl (C=O) groups is 5. The molecule has 3 aromatic rings. The first kappa shape index (κ1) is 31.7. The van der Waals surface area contributed by atoms with Crippen LogP contribution >= 0.6 is 15.9 Å². The van der Waals surface area contributed by atoms with E-state index in [1.54, 1.807) is 57.2 Å². The number of ketones is 1. The van der Waals surface area contributed by atoms with Crippen molar-refractivity contribution in [2.24, 2.45) is 0 Å². The number of benzene rings is 3. The average Bonchev–Trinajstić information content (AvgIpc) is 3.10. The molecule has 0 saturated carbocycles. The van der Waals surface area contributed by atoms with Gasteiger partial charge in [-0.15, -0.1) is 0 Å². The van der Waals surface area contributed by atoms with Crippen LogP contribution in [0.15, 0.2) is 66.7 Å². The SMILES string of the molecule is CC(C(=O)NC(CC(=O)OC(C)(C)C)C(=O)CBr)N1C(=O)C(NC(=O)c2ccc3ccccc3c2)COc2ccccc21. The summed E-state index contributed by atoms with van der Waals surface area (Å²) in [7, 11) is 0. The third-order valence-corrected chi connectivity index (χ3v) is 7.33. The number of hydrogen-bond donors (Lipinski definition) is 2. The van der Waals surface area contributed by atoms with E-state index in [9.17, 15) is 24.0 Å². The van der Waals surface area contributed by atoms with Crippen molar-refractivity contribution in [3.63, 3.8) is 0 Å². The summed E-state index contributed by atoms with van der Waals surface area (Å²) in [6, 6.07) is 16.1. The highest BCUT2D eigenvalue weighted by Crippen LogP contribution is 2.33. The Bertz CT molecular complexity index is 1550. The lowest BCUT2D eigenvalue weighted by Gasteiger charge is -2.31. The smallest absolute Gasteiger partial charge is 0.308 e. The quantitative estimate of drug-likeness (QED) is 0.265. The highest BCUT2D eigenvalue weighted by molar-refractivity contribution is 9.09. The topological polar surface area (TPSA) is 131 Å². The van der Waals surface area contributed by atoms with E-state index in [4.69, 9.17) is 9.47 Å². The minimum atomic E-state index is -1.18. The van der Waals surface area contributed by atoms with E-state index in [0.717, 1.165) is 10.8 Å². The maximum absolute atomic E-state index is 13.9. The molecule has 11 heteroatoms. The van der Waals surface area contributed by atoms with Gasteiger partial charge in [0.1, 0.15) is 30.0 Å². The zero-order valence-electron chi connectivity index (χ0n) is 24.4. The molecule has 3 unspecified atom stereocenters. The third-order valence-electron chi connectivity index (χ3n) is 6.78. The number of carbonyl (C=O) groups excluding carboxylic acids is 5. The molecule has 0 aliphatic carbocycles. The first-order valence-electron chi connectivity index (χ1n) is 13.8. The Labute approximate surface area is 258 Å². The first-order chi connectivity index (χ1) is 20.4. The van der Waals surface area contributed by atoms with E-state index in [1.165, 1.54) is 11.8 Å². The van der Waals surface area contributed by atoms with Crippen LogP contribution in [0, 0.1) is 0 Å². The second kappa shape index (κ2) is 13.4. The monoisotopic (exact) mass is 651 g/mol. The van der Waals surface area contributed by atoms with Crippen LogP contribution in [0.25, 0.3) is 10.8 Å². The fourth-order valence-corrected chi connectivity index (χ4v) is 5.07. The van der Waals surface area contributed by atoms with Crippen LogP contribution in [0.2, 0.25) is 0 Å². The number of hydrogen-bond acceptors (Lipinski definition) is 7. The van der Waals surface area contributed by atoms with Crippen molar-refractivity contribution in [2.75, 3.05) is 16.8 Å². The first-order valence-corrected chi connectivity index (χ1v) is 15.0. The van der Waals surface area contributed by atoms with Gasteiger partial charge in [0.15, 0.2) is 5.78 Å². The summed E-state index contributed by atoms with van der Waals surface area (Å²) in [4.78, 5) is 67.1. The van der Waals surface area contributed by atoms with E-state index < -0.39 is 53.2 Å². The van der Waals surface area contributed by atoms with Gasteiger partial charge < -0.3 is 20.1 Å². The molecule has 3 amide bonds. The molecule has 4 rings (SSSR count). The summed E-state index contributed by atoms with van der Waals surface area (Å²) in [5.74, 6) is -2.46. The van der Waals surface area contributed by atoms with Crippen molar-refractivity contribution in [2.45, 2.75) is 57.8 Å². The number of esters is 1. The molecule has 10 nitrogen and oxygen atoms in total. The van der Waals surface area contributed by atoms with Crippen LogP contribution in [-0.2, 0) is 23.9 Å². The molecule has 0 bridgehead atoms. The highest BCUT2D eigenvalue weighted by Gasteiger charge is 2.39. The zero-order valence-corrected chi connectivity index (χ0v) is 26.0. The number of anilines is 1. The number of rotatable bonds is 9. The van der Waals surface area contributed by atoms with Gasteiger partial charge in [-0.3, -0.25) is 28.9 Å². The van der Waals surface area contributed by atoms with Crippen LogP contribution in [0.3, 0.4) is 0 Å². The van der Waals surface area contributed by atoms with E-state index in [1.807, 2.05) is 30.3 Å². The number of Topliss-reactive ketones (excluding diaryl/α,β-unsaturated/α-hetero) is 1. The molecule has 0 spiro atoms. The summed E-state index contributed by atoms with van der Waals surface area (Å²) < 4.78 is 11.2. The number of fused-ring (bicyclic) bond motifs is 2. The fourth-order valence-electron chi connectivity index (χ4n) is 4.68. The predicted octanol–water partition coefficient (Wildman–Crippen LogP) is 3.93. The fraction of sp³-hybridized carbons (Fsp3) is 0.344. The molecule has 0 aromatic heterocycles. The van der Waals surface area contributed by atoms with E-state index >= 15 is 0 Å². The van der Waals surface area contributed by atoms with Crippen LogP contribution in [-0.4, -0.2) is 65.1 Å². The van der Waals surface area contributed by atoms with Gasteiger partial charge in [0.05, 0.1) is 23.5 Å². The van der Waals surface area contributed by atoms with Crippen molar-refractivity contribution in [3.05, 3.63) is 72.3 Å². The number of nitrogens with zero attached hydrogens (tertiary/aromatic N) is 1. The molecule has 3 aromatic carbocycles. The van der Waals surface area contributed by atoms with Crippen LogP contribution in [0.5, 0.6) is 5.75 Å². The van der Waals surface area contributed by atoms with Gasteiger partial charge >= 0.3 is 5.97 Å². The minimum Gasteiger partial charge on any atom is -0.489 e. The highest BCUT2D eigenvalue weighted by atomic mass is 79.9. The molecule has 1 heterocycles. The third kappa shape index (κ3) is 7.78. The van der Waals surface area contributed by atoms with Gasteiger partial charge in [-0.1, -0.05) is 58.4 Å². The van der Waals surface area contributed by atoms with E-state index in [2.05, 4.69) is 26.6 Å². The molecule has 0 fully saturated rings. The Hall–Kier alpha value is -4.25. The Morgan fingerprint density at radius 1 is 1.02 bits per heavy atom. The number of halogens is 1. The lowest BCUT2D eigenvalue weighted by atomic mass is 10.1. The molecule has 0 radical (unpaired) electrons. The van der Waals surface area contributed by atoms with Gasteiger partial charge in [0.2, 0.25) is 5.91 Å². The van der Waals surface area contributed by atoms with Crippen molar-refractivity contribution in [3.8, 4) is 5.75 Å². The summed E-state index contributed by atoms with van der Waals surface area (Å²) >= 11 is 3.10. The molecular weight excluding hydrogens is 618 g/mol. The van der Waals surface area contributed by atoms with Gasteiger partial charge in [0, 0.05) is 5.56 Å². The number of amides is 3. The number of nitrogens with one attached hydrogen (secondary N) is 2. The summed E-state index contributed by atoms with van der Waals surface area (Å²) in [5.41, 5.74) is -0.0813. The van der Waals surface area contributed by atoms with E-state index in [0.29, 0.717) is 17.0 Å². The van der Waals surface area contributed by atoms with Crippen molar-refractivity contribution < 1.29 is 33.4 Å². The maximum atomic E-state index is 13.9. The second-order valence-corrected chi connectivity index (χ2v) is 11.8. The number of ether oxygens (including phenoxy) is 2. The normalized spacial score (nSPS) is 16.3. The summed E-state index contributed by atoms with van der Waals surface area (Å²) in [6.07, 6.45) is -0.377.